The molecule has 116 valence electrons. The van der Waals surface area contributed by atoms with E-state index >= 15 is 0 Å². The van der Waals surface area contributed by atoms with Crippen LogP contribution in [0.25, 0.3) is 0 Å². The van der Waals surface area contributed by atoms with Crippen LogP contribution in [-0.2, 0) is 20.9 Å². The van der Waals surface area contributed by atoms with Gasteiger partial charge in [0.25, 0.3) is 0 Å². The number of carboxylic acid groups (broad SMARTS) is 1. The first-order chi connectivity index (χ1) is 10.0. The summed E-state index contributed by atoms with van der Waals surface area (Å²) in [7, 11) is 1.57. The number of ether oxygens (including phenoxy) is 1. The molecule has 1 aromatic rings. The fraction of sp³-hybridized carbons (Fsp3) is 0.600. The number of aryl methyl sites for hydroxylation is 1. The van der Waals surface area contributed by atoms with E-state index in [9.17, 15) is 9.59 Å². The Kier molecular flexibility index (Phi) is 5.01. The molecule has 6 heteroatoms. The Balaban J connectivity index is 2.04. The molecule has 0 spiro atoms. The summed E-state index contributed by atoms with van der Waals surface area (Å²) in [6.45, 7) is 3.03. The van der Waals surface area contributed by atoms with Crippen LogP contribution in [0.1, 0.15) is 24.4 Å². The normalized spacial score (nSPS) is 20.9. The van der Waals surface area contributed by atoms with E-state index in [1.54, 1.807) is 12.0 Å². The molecule has 1 heterocycles. The van der Waals surface area contributed by atoms with Gasteiger partial charge in [-0.05, 0) is 31.9 Å². The largest absolute Gasteiger partial charge is 0.481 e. The first-order valence-corrected chi connectivity index (χ1v) is 7.08. The lowest BCUT2D eigenvalue weighted by molar-refractivity contribution is -0.157. The van der Waals surface area contributed by atoms with Crippen molar-refractivity contribution in [1.29, 1.82) is 0 Å². The predicted molar refractivity (Wildman–Crippen MR) is 74.6 cm³/mol. The number of furan rings is 1. The van der Waals surface area contributed by atoms with Crippen LogP contribution in [0.2, 0.25) is 0 Å². The first kappa shape index (κ1) is 15.6. The van der Waals surface area contributed by atoms with Crippen molar-refractivity contribution in [2.45, 2.75) is 26.3 Å². The average Bonchev–Trinajstić information content (AvgIpc) is 2.77. The molecule has 1 aliphatic rings. The van der Waals surface area contributed by atoms with Crippen LogP contribution in [-0.4, -0.2) is 42.1 Å². The topological polar surface area (TPSA) is 80.0 Å². The van der Waals surface area contributed by atoms with Gasteiger partial charge in [0.15, 0.2) is 0 Å². The van der Waals surface area contributed by atoms with Gasteiger partial charge in [0.1, 0.15) is 11.5 Å². The SMILES string of the molecule is COCCN(Cc1ccc(C)o1)C(=O)C1CCC1C(=O)O. The summed E-state index contributed by atoms with van der Waals surface area (Å²) in [5.41, 5.74) is 0. The smallest absolute Gasteiger partial charge is 0.307 e. The van der Waals surface area contributed by atoms with E-state index in [0.717, 1.165) is 5.76 Å². The third-order valence-electron chi connectivity index (χ3n) is 3.93. The summed E-state index contributed by atoms with van der Waals surface area (Å²) in [5.74, 6) is -0.504. The second-order valence-corrected chi connectivity index (χ2v) is 5.39. The summed E-state index contributed by atoms with van der Waals surface area (Å²) in [4.78, 5) is 25.2. The predicted octanol–water partition coefficient (Wildman–Crippen LogP) is 1.67. The molecule has 1 saturated carbocycles. The van der Waals surface area contributed by atoms with Crippen molar-refractivity contribution in [2.24, 2.45) is 11.8 Å². The molecular weight excluding hydrogens is 274 g/mol. The molecule has 1 fully saturated rings. The third-order valence-corrected chi connectivity index (χ3v) is 3.93. The number of amides is 1. The maximum absolute atomic E-state index is 12.5. The van der Waals surface area contributed by atoms with Crippen LogP contribution < -0.4 is 0 Å². The van der Waals surface area contributed by atoms with Crippen molar-refractivity contribution in [1.82, 2.24) is 4.90 Å². The van der Waals surface area contributed by atoms with Gasteiger partial charge >= 0.3 is 5.97 Å². The van der Waals surface area contributed by atoms with Gasteiger partial charge in [0.05, 0.1) is 25.0 Å². The summed E-state index contributed by atoms with van der Waals surface area (Å²) in [5, 5.41) is 9.09. The number of nitrogens with zero attached hydrogens (tertiary/aromatic N) is 1. The number of methoxy groups -OCH3 is 1. The van der Waals surface area contributed by atoms with Crippen LogP contribution in [0.3, 0.4) is 0 Å². The zero-order chi connectivity index (χ0) is 15.4. The number of hydrogen-bond donors (Lipinski definition) is 1. The standard InChI is InChI=1S/C15H21NO5/c1-10-3-4-11(21-10)9-16(7-8-20-2)14(17)12-5-6-13(12)15(18)19/h3-4,12-13H,5-9H2,1-2H3,(H,18,19). The lowest BCUT2D eigenvalue weighted by Crippen LogP contribution is -2.46. The maximum atomic E-state index is 12.5. The molecule has 2 atom stereocenters. The molecule has 0 aliphatic heterocycles. The highest BCUT2D eigenvalue weighted by Gasteiger charge is 2.43. The van der Waals surface area contributed by atoms with Crippen LogP contribution in [0.15, 0.2) is 16.5 Å². The fourth-order valence-corrected chi connectivity index (χ4v) is 2.55. The van der Waals surface area contributed by atoms with Crippen molar-refractivity contribution >= 4 is 11.9 Å². The highest BCUT2D eigenvalue weighted by atomic mass is 16.5. The second kappa shape index (κ2) is 6.76. The summed E-state index contributed by atoms with van der Waals surface area (Å²) < 4.78 is 10.5. The lowest BCUT2D eigenvalue weighted by Gasteiger charge is -2.36. The Labute approximate surface area is 123 Å². The van der Waals surface area contributed by atoms with Crippen molar-refractivity contribution in [2.75, 3.05) is 20.3 Å². The lowest BCUT2D eigenvalue weighted by atomic mass is 9.73. The number of carbonyl (C=O) groups is 2. The van der Waals surface area contributed by atoms with Crippen LogP contribution in [0, 0.1) is 18.8 Å². The maximum Gasteiger partial charge on any atom is 0.307 e. The van der Waals surface area contributed by atoms with E-state index in [1.807, 2.05) is 19.1 Å². The molecule has 0 saturated heterocycles. The van der Waals surface area contributed by atoms with E-state index < -0.39 is 17.8 Å². The molecular formula is C15H21NO5. The summed E-state index contributed by atoms with van der Waals surface area (Å²) in [6, 6.07) is 3.68. The minimum absolute atomic E-state index is 0.125. The van der Waals surface area contributed by atoms with E-state index in [0.29, 0.717) is 38.3 Å². The van der Waals surface area contributed by atoms with E-state index in [2.05, 4.69) is 0 Å². The monoisotopic (exact) mass is 295 g/mol. The number of carbonyl (C=O) groups excluding carboxylic acids is 1. The Morgan fingerprint density at radius 2 is 2.10 bits per heavy atom. The Morgan fingerprint density at radius 1 is 1.38 bits per heavy atom. The average molecular weight is 295 g/mol. The van der Waals surface area contributed by atoms with Crippen LogP contribution in [0.5, 0.6) is 0 Å². The number of hydrogen-bond acceptors (Lipinski definition) is 4. The highest BCUT2D eigenvalue weighted by molar-refractivity contribution is 5.86. The quantitative estimate of drug-likeness (QED) is 0.827. The van der Waals surface area contributed by atoms with Crippen molar-refractivity contribution in [3.63, 3.8) is 0 Å². The van der Waals surface area contributed by atoms with Gasteiger partial charge in [-0.15, -0.1) is 0 Å². The molecule has 1 amide bonds. The van der Waals surface area contributed by atoms with Crippen LogP contribution in [0.4, 0.5) is 0 Å². The minimum Gasteiger partial charge on any atom is -0.481 e. The van der Waals surface area contributed by atoms with E-state index in [-0.39, 0.29) is 5.91 Å². The van der Waals surface area contributed by atoms with Gasteiger partial charge in [-0.3, -0.25) is 9.59 Å². The minimum atomic E-state index is -0.889. The molecule has 1 aromatic heterocycles. The highest BCUT2D eigenvalue weighted by Crippen LogP contribution is 2.36. The summed E-state index contributed by atoms with van der Waals surface area (Å²) in [6.07, 6.45) is 1.21. The molecule has 0 radical (unpaired) electrons. The molecule has 2 unspecified atom stereocenters. The van der Waals surface area contributed by atoms with E-state index in [1.165, 1.54) is 0 Å². The molecule has 1 N–H and O–H groups in total. The number of carboxylic acids is 1. The molecule has 0 aromatic carbocycles. The van der Waals surface area contributed by atoms with Gasteiger partial charge in [-0.1, -0.05) is 0 Å². The molecule has 1 aliphatic carbocycles. The Hall–Kier alpha value is -1.82. The van der Waals surface area contributed by atoms with Gasteiger partial charge in [0, 0.05) is 13.7 Å². The number of rotatable bonds is 7. The molecule has 6 nitrogen and oxygen atoms in total. The first-order valence-electron chi connectivity index (χ1n) is 7.08. The second-order valence-electron chi connectivity index (χ2n) is 5.39. The van der Waals surface area contributed by atoms with E-state index in [4.69, 9.17) is 14.3 Å². The zero-order valence-corrected chi connectivity index (χ0v) is 12.4. The van der Waals surface area contributed by atoms with Gasteiger partial charge < -0.3 is 19.2 Å². The Morgan fingerprint density at radius 3 is 2.57 bits per heavy atom. The van der Waals surface area contributed by atoms with Crippen molar-refractivity contribution in [3.05, 3.63) is 23.7 Å². The Bertz CT molecular complexity index is 510. The van der Waals surface area contributed by atoms with Gasteiger partial charge in [-0.25, -0.2) is 0 Å². The van der Waals surface area contributed by atoms with Crippen molar-refractivity contribution < 1.29 is 23.8 Å². The fourth-order valence-electron chi connectivity index (χ4n) is 2.55. The molecule has 2 rings (SSSR count). The van der Waals surface area contributed by atoms with Gasteiger partial charge in [0.2, 0.25) is 5.91 Å². The van der Waals surface area contributed by atoms with Gasteiger partial charge in [-0.2, -0.15) is 0 Å². The molecule has 21 heavy (non-hydrogen) atoms. The summed E-state index contributed by atoms with van der Waals surface area (Å²) >= 11 is 0. The van der Waals surface area contributed by atoms with Crippen molar-refractivity contribution in [3.8, 4) is 0 Å². The zero-order valence-electron chi connectivity index (χ0n) is 12.4. The van der Waals surface area contributed by atoms with Crippen LogP contribution >= 0.6 is 0 Å². The molecule has 0 bridgehead atoms. The number of aliphatic carboxylic acids is 1. The third kappa shape index (κ3) is 3.64.